The van der Waals surface area contributed by atoms with Crippen molar-refractivity contribution in [2.45, 2.75) is 26.3 Å². The van der Waals surface area contributed by atoms with Gasteiger partial charge in [0, 0.05) is 22.5 Å². The van der Waals surface area contributed by atoms with Crippen LogP contribution in [-0.4, -0.2) is 11.9 Å². The molecule has 0 spiro atoms. The molecule has 4 heteroatoms. The monoisotopic (exact) mass is 405 g/mol. The van der Waals surface area contributed by atoms with E-state index in [4.69, 9.17) is 4.99 Å². The van der Waals surface area contributed by atoms with Crippen LogP contribution in [0.2, 0.25) is 0 Å². The molecule has 0 bridgehead atoms. The van der Waals surface area contributed by atoms with Crippen molar-refractivity contribution < 1.29 is 0 Å². The van der Waals surface area contributed by atoms with Crippen LogP contribution < -0.4 is 9.80 Å². The molecule has 0 saturated heterocycles. The highest BCUT2D eigenvalue weighted by Crippen LogP contribution is 2.50. The quantitative estimate of drug-likeness (QED) is 0.608. The van der Waals surface area contributed by atoms with Crippen LogP contribution >= 0.6 is 15.9 Å². The summed E-state index contributed by atoms with van der Waals surface area (Å²) in [7, 11) is 0. The van der Waals surface area contributed by atoms with Gasteiger partial charge in [-0.15, -0.1) is 0 Å². The van der Waals surface area contributed by atoms with Crippen LogP contribution in [0.25, 0.3) is 0 Å². The number of allylic oxidation sites excluding steroid dienone is 1. The lowest BCUT2D eigenvalue weighted by molar-refractivity contribution is 0.601. The molecule has 5 rings (SSSR count). The van der Waals surface area contributed by atoms with Gasteiger partial charge in [-0.1, -0.05) is 54.1 Å². The standard InChI is InChI=1S/C22H20BrN3/c1-3-20-24-21-14(2)9-11-18-22(21)26(20)17-12-10-15(23)13-19(17)25(18)16-7-5-4-6-8-16/h4-14,21H,3H2,1-2H3. The maximum Gasteiger partial charge on any atom is 0.108 e. The number of aliphatic imine (C=N–C) groups is 1. The highest BCUT2D eigenvalue weighted by atomic mass is 79.9. The molecule has 0 fully saturated rings. The van der Waals surface area contributed by atoms with Gasteiger partial charge in [0.1, 0.15) is 11.9 Å². The zero-order valence-corrected chi connectivity index (χ0v) is 16.4. The van der Waals surface area contributed by atoms with Crippen molar-refractivity contribution in [1.29, 1.82) is 0 Å². The number of rotatable bonds is 2. The Bertz CT molecular complexity index is 974. The second kappa shape index (κ2) is 5.85. The zero-order chi connectivity index (χ0) is 17.8. The Hall–Kier alpha value is -2.33. The summed E-state index contributed by atoms with van der Waals surface area (Å²) in [4.78, 5) is 9.86. The van der Waals surface area contributed by atoms with Crippen molar-refractivity contribution in [3.05, 3.63) is 76.5 Å². The number of benzene rings is 2. The second-order valence-electron chi connectivity index (χ2n) is 6.97. The van der Waals surface area contributed by atoms with Crippen molar-refractivity contribution >= 4 is 38.8 Å². The van der Waals surface area contributed by atoms with Gasteiger partial charge in [-0.3, -0.25) is 9.89 Å². The summed E-state index contributed by atoms with van der Waals surface area (Å²) >= 11 is 3.66. The fourth-order valence-electron chi connectivity index (χ4n) is 4.17. The van der Waals surface area contributed by atoms with Crippen molar-refractivity contribution in [2.75, 3.05) is 9.80 Å². The van der Waals surface area contributed by atoms with Crippen molar-refractivity contribution in [3.63, 3.8) is 0 Å². The van der Waals surface area contributed by atoms with Gasteiger partial charge >= 0.3 is 0 Å². The van der Waals surface area contributed by atoms with Gasteiger partial charge in [-0.25, -0.2) is 0 Å². The van der Waals surface area contributed by atoms with Crippen LogP contribution in [0.3, 0.4) is 0 Å². The molecule has 2 aliphatic heterocycles. The molecule has 2 aromatic carbocycles. The minimum atomic E-state index is 0.202. The van der Waals surface area contributed by atoms with Crippen LogP contribution in [0.5, 0.6) is 0 Å². The van der Waals surface area contributed by atoms with Gasteiger partial charge in [0.05, 0.1) is 22.8 Å². The smallest absolute Gasteiger partial charge is 0.108 e. The fraction of sp³-hybridized carbons (Fsp3) is 0.227. The minimum absolute atomic E-state index is 0.202. The Morgan fingerprint density at radius 3 is 2.62 bits per heavy atom. The van der Waals surface area contributed by atoms with Crippen molar-refractivity contribution in [1.82, 2.24) is 0 Å². The van der Waals surface area contributed by atoms with Crippen LogP contribution in [-0.2, 0) is 0 Å². The van der Waals surface area contributed by atoms with Gasteiger partial charge in [0.15, 0.2) is 0 Å². The molecule has 0 saturated carbocycles. The Morgan fingerprint density at radius 1 is 1.04 bits per heavy atom. The number of nitrogens with zero attached hydrogens (tertiary/aromatic N) is 3. The third-order valence-electron chi connectivity index (χ3n) is 5.38. The Balaban J connectivity index is 1.81. The molecule has 0 radical (unpaired) electrons. The first-order chi connectivity index (χ1) is 12.7. The molecule has 2 aromatic rings. The van der Waals surface area contributed by atoms with Gasteiger partial charge < -0.3 is 4.90 Å². The zero-order valence-electron chi connectivity index (χ0n) is 14.9. The summed E-state index contributed by atoms with van der Waals surface area (Å²) < 4.78 is 1.08. The third-order valence-corrected chi connectivity index (χ3v) is 5.87. The van der Waals surface area contributed by atoms with Gasteiger partial charge in [-0.05, 0) is 36.4 Å². The van der Waals surface area contributed by atoms with Crippen LogP contribution in [0.1, 0.15) is 20.3 Å². The SMILES string of the molecule is CCC1=NC2C3=C(C=CC2C)N(c2ccccc2)c2cc(Br)ccc2N13. The predicted octanol–water partition coefficient (Wildman–Crippen LogP) is 6.02. The predicted molar refractivity (Wildman–Crippen MR) is 112 cm³/mol. The normalized spacial score (nSPS) is 23.1. The highest BCUT2D eigenvalue weighted by molar-refractivity contribution is 9.10. The van der Waals surface area contributed by atoms with Gasteiger partial charge in [-0.2, -0.15) is 0 Å². The summed E-state index contributed by atoms with van der Waals surface area (Å²) in [5, 5.41) is 0. The first-order valence-electron chi connectivity index (χ1n) is 9.13. The molecule has 130 valence electrons. The van der Waals surface area contributed by atoms with E-state index in [-0.39, 0.29) is 6.04 Å². The summed E-state index contributed by atoms with van der Waals surface area (Å²) in [5.74, 6) is 1.57. The Morgan fingerprint density at radius 2 is 1.85 bits per heavy atom. The number of hydrogen-bond donors (Lipinski definition) is 0. The van der Waals surface area contributed by atoms with E-state index in [1.54, 1.807) is 0 Å². The van der Waals surface area contributed by atoms with E-state index in [9.17, 15) is 0 Å². The molecule has 2 unspecified atom stereocenters. The van der Waals surface area contributed by atoms with Crippen molar-refractivity contribution in [3.8, 4) is 0 Å². The Labute approximate surface area is 162 Å². The molecule has 2 heterocycles. The van der Waals surface area contributed by atoms with Gasteiger partial charge in [0.25, 0.3) is 0 Å². The van der Waals surface area contributed by atoms with Crippen LogP contribution in [0.4, 0.5) is 17.1 Å². The first kappa shape index (κ1) is 15.9. The summed E-state index contributed by atoms with van der Waals surface area (Å²) in [6.45, 7) is 4.45. The fourth-order valence-corrected chi connectivity index (χ4v) is 4.52. The molecule has 1 aliphatic carbocycles. The highest BCUT2D eigenvalue weighted by Gasteiger charge is 2.43. The lowest BCUT2D eigenvalue weighted by Crippen LogP contribution is -2.38. The molecular formula is C22H20BrN3. The second-order valence-corrected chi connectivity index (χ2v) is 7.89. The van der Waals surface area contributed by atoms with E-state index in [0.29, 0.717) is 5.92 Å². The maximum absolute atomic E-state index is 5.10. The van der Waals surface area contributed by atoms with Crippen LogP contribution in [0, 0.1) is 5.92 Å². The van der Waals surface area contributed by atoms with E-state index in [2.05, 4.69) is 100 Å². The van der Waals surface area contributed by atoms with E-state index >= 15 is 0 Å². The largest absolute Gasteiger partial charge is 0.307 e. The van der Waals surface area contributed by atoms with Gasteiger partial charge in [0.2, 0.25) is 0 Å². The number of para-hydroxylation sites is 1. The topological polar surface area (TPSA) is 18.8 Å². The molecule has 3 aliphatic rings. The van der Waals surface area contributed by atoms with E-state index in [0.717, 1.165) is 16.7 Å². The number of amidine groups is 1. The summed E-state index contributed by atoms with van der Waals surface area (Å²) in [6, 6.07) is 17.3. The molecule has 2 atom stereocenters. The lowest BCUT2D eigenvalue weighted by Gasteiger charge is -2.41. The number of hydrogen-bond acceptors (Lipinski definition) is 3. The number of fused-ring (bicyclic) bond motifs is 2. The lowest BCUT2D eigenvalue weighted by atomic mass is 9.90. The molecular weight excluding hydrogens is 386 g/mol. The Kier molecular flexibility index (Phi) is 3.57. The van der Waals surface area contributed by atoms with Crippen LogP contribution in [0.15, 0.2) is 81.5 Å². The molecule has 0 aromatic heterocycles. The average Bonchev–Trinajstić information content (AvgIpc) is 3.06. The van der Waals surface area contributed by atoms with E-state index < -0.39 is 0 Å². The number of anilines is 3. The maximum atomic E-state index is 5.10. The van der Waals surface area contributed by atoms with Crippen molar-refractivity contribution in [2.24, 2.45) is 10.9 Å². The molecule has 0 amide bonds. The summed E-state index contributed by atoms with van der Waals surface area (Å²) in [6.07, 6.45) is 5.50. The molecule has 0 N–H and O–H groups in total. The molecule has 26 heavy (non-hydrogen) atoms. The van der Waals surface area contributed by atoms with E-state index in [1.807, 2.05) is 0 Å². The average molecular weight is 406 g/mol. The number of halogens is 1. The minimum Gasteiger partial charge on any atom is -0.307 e. The third kappa shape index (κ3) is 2.15. The van der Waals surface area contributed by atoms with E-state index in [1.165, 1.54) is 28.5 Å². The summed E-state index contributed by atoms with van der Waals surface area (Å²) in [5.41, 5.74) is 6.12. The first-order valence-corrected chi connectivity index (χ1v) is 9.92. The molecule has 3 nitrogen and oxygen atoms in total.